The molecule has 1 aliphatic rings. The molecule has 0 aliphatic carbocycles. The van der Waals surface area contributed by atoms with Gasteiger partial charge < -0.3 is 19.5 Å². The van der Waals surface area contributed by atoms with Crippen LogP contribution in [0.3, 0.4) is 0 Å². The third kappa shape index (κ3) is 4.54. The van der Waals surface area contributed by atoms with Gasteiger partial charge in [-0.3, -0.25) is 9.59 Å². The zero-order valence-electron chi connectivity index (χ0n) is 18.2. The second-order valence-electron chi connectivity index (χ2n) is 7.71. The van der Waals surface area contributed by atoms with Crippen LogP contribution in [0.5, 0.6) is 0 Å². The van der Waals surface area contributed by atoms with Gasteiger partial charge in [-0.2, -0.15) is 0 Å². The van der Waals surface area contributed by atoms with Crippen LogP contribution in [-0.2, 0) is 4.74 Å². The van der Waals surface area contributed by atoms with E-state index in [4.69, 9.17) is 9.26 Å². The number of aryl methyl sites for hydroxylation is 1. The summed E-state index contributed by atoms with van der Waals surface area (Å²) in [7, 11) is 1.57. The molecule has 0 bridgehead atoms. The molecule has 0 saturated carbocycles. The summed E-state index contributed by atoms with van der Waals surface area (Å²) in [5.74, 6) is 0.0707. The van der Waals surface area contributed by atoms with Gasteiger partial charge in [0.15, 0.2) is 5.69 Å². The highest BCUT2D eigenvalue weighted by atomic mass is 16.5. The molecule has 1 saturated heterocycles. The number of hydrogen-bond donors (Lipinski definition) is 1. The Balaban J connectivity index is 1.48. The monoisotopic (exact) mass is 438 g/mol. The van der Waals surface area contributed by atoms with E-state index in [0.717, 1.165) is 18.4 Å². The lowest BCUT2D eigenvalue weighted by molar-refractivity contribution is 0.0670. The summed E-state index contributed by atoms with van der Waals surface area (Å²) in [5, 5.41) is 15.0. The third-order valence-electron chi connectivity index (χ3n) is 5.52. The van der Waals surface area contributed by atoms with Crippen LogP contribution in [0.2, 0.25) is 0 Å². The van der Waals surface area contributed by atoms with Crippen molar-refractivity contribution in [1.29, 1.82) is 0 Å². The highest BCUT2D eigenvalue weighted by molar-refractivity contribution is 6.00. The fraction of sp³-hybridized carbons (Fsp3) is 0.409. The maximum absolute atomic E-state index is 13.4. The standard InChI is InChI=1S/C22H26N6O4/c1-15-19(20(25-32-15)16-7-4-3-5-8-16)22(30)27-11-6-9-17(13-27)28-14-18(24-26-28)21(29)23-10-12-31-2/h3-5,7-8,14,17H,6,9-13H2,1-2H3,(H,23,29)/t17-/m1/s1. The van der Waals surface area contributed by atoms with Gasteiger partial charge in [0.1, 0.15) is 17.0 Å². The molecule has 0 unspecified atom stereocenters. The number of aromatic nitrogens is 4. The summed E-state index contributed by atoms with van der Waals surface area (Å²) in [6, 6.07) is 9.46. The maximum atomic E-state index is 13.4. The molecule has 168 valence electrons. The molecule has 2 aromatic heterocycles. The van der Waals surface area contributed by atoms with Gasteiger partial charge in [-0.05, 0) is 19.8 Å². The minimum atomic E-state index is -0.301. The van der Waals surface area contributed by atoms with Crippen molar-refractivity contribution in [3.05, 3.63) is 53.5 Å². The topological polar surface area (TPSA) is 115 Å². The summed E-state index contributed by atoms with van der Waals surface area (Å²) in [4.78, 5) is 27.4. The second kappa shape index (κ2) is 9.73. The first-order valence-electron chi connectivity index (χ1n) is 10.6. The molecule has 3 aromatic rings. The van der Waals surface area contributed by atoms with Crippen LogP contribution >= 0.6 is 0 Å². The quantitative estimate of drug-likeness (QED) is 0.562. The zero-order valence-corrected chi connectivity index (χ0v) is 18.2. The molecule has 0 radical (unpaired) electrons. The molecule has 3 heterocycles. The van der Waals surface area contributed by atoms with Crippen LogP contribution in [0.1, 0.15) is 45.5 Å². The summed E-state index contributed by atoms with van der Waals surface area (Å²) in [5.41, 5.74) is 2.10. The van der Waals surface area contributed by atoms with E-state index in [1.807, 2.05) is 30.3 Å². The van der Waals surface area contributed by atoms with Gasteiger partial charge in [0.25, 0.3) is 11.8 Å². The van der Waals surface area contributed by atoms with Gasteiger partial charge in [0.05, 0.1) is 18.8 Å². The van der Waals surface area contributed by atoms with Crippen molar-refractivity contribution in [3.63, 3.8) is 0 Å². The Morgan fingerprint density at radius 3 is 2.88 bits per heavy atom. The molecule has 1 aliphatic heterocycles. The molecule has 10 nitrogen and oxygen atoms in total. The van der Waals surface area contributed by atoms with Crippen LogP contribution < -0.4 is 5.32 Å². The minimum Gasteiger partial charge on any atom is -0.383 e. The first kappa shape index (κ1) is 21.7. The Hall–Kier alpha value is -3.53. The Morgan fingerprint density at radius 1 is 1.28 bits per heavy atom. The number of likely N-dealkylation sites (tertiary alicyclic amines) is 1. The molecule has 4 rings (SSSR count). The molecular formula is C22H26N6O4. The Labute approximate surface area is 185 Å². The number of ether oxygens (including phenoxy) is 1. The summed E-state index contributed by atoms with van der Waals surface area (Å²) < 4.78 is 12.0. The third-order valence-corrected chi connectivity index (χ3v) is 5.52. The number of carbonyl (C=O) groups excluding carboxylic acids is 2. The Morgan fingerprint density at radius 2 is 2.09 bits per heavy atom. The van der Waals surface area contributed by atoms with E-state index in [-0.39, 0.29) is 23.6 Å². The number of amides is 2. The molecule has 1 atom stereocenters. The van der Waals surface area contributed by atoms with Crippen LogP contribution in [0.4, 0.5) is 0 Å². The fourth-order valence-corrected chi connectivity index (χ4v) is 3.85. The molecule has 32 heavy (non-hydrogen) atoms. The van der Waals surface area contributed by atoms with Crippen molar-refractivity contribution in [2.45, 2.75) is 25.8 Å². The first-order chi connectivity index (χ1) is 15.6. The van der Waals surface area contributed by atoms with E-state index in [1.165, 1.54) is 0 Å². The van der Waals surface area contributed by atoms with Crippen LogP contribution in [-0.4, -0.2) is 70.2 Å². The van der Waals surface area contributed by atoms with Crippen molar-refractivity contribution in [3.8, 4) is 11.3 Å². The van der Waals surface area contributed by atoms with E-state index < -0.39 is 0 Å². The summed E-state index contributed by atoms with van der Waals surface area (Å²) in [6.45, 7) is 3.67. The predicted molar refractivity (Wildman–Crippen MR) is 115 cm³/mol. The fourth-order valence-electron chi connectivity index (χ4n) is 3.85. The van der Waals surface area contributed by atoms with Crippen LogP contribution in [0, 0.1) is 6.92 Å². The van der Waals surface area contributed by atoms with Gasteiger partial charge in [-0.25, -0.2) is 4.68 Å². The van der Waals surface area contributed by atoms with E-state index in [1.54, 1.807) is 29.8 Å². The SMILES string of the molecule is COCCNC(=O)c1cn([C@@H]2CCCN(C(=O)c3c(-c4ccccc4)noc3C)C2)nn1. The Kier molecular flexibility index (Phi) is 6.60. The minimum absolute atomic E-state index is 0.0685. The summed E-state index contributed by atoms with van der Waals surface area (Å²) >= 11 is 0. The number of piperidine rings is 1. The molecule has 2 amide bonds. The molecule has 10 heteroatoms. The predicted octanol–water partition coefficient (Wildman–Crippen LogP) is 2.10. The number of rotatable bonds is 7. The second-order valence-corrected chi connectivity index (χ2v) is 7.71. The number of nitrogens with zero attached hydrogens (tertiary/aromatic N) is 5. The van der Waals surface area contributed by atoms with E-state index >= 15 is 0 Å². The number of hydrogen-bond acceptors (Lipinski definition) is 7. The van der Waals surface area contributed by atoms with Crippen molar-refractivity contribution in [2.24, 2.45) is 0 Å². The van der Waals surface area contributed by atoms with Crippen molar-refractivity contribution in [2.75, 3.05) is 33.4 Å². The number of benzene rings is 1. The lowest BCUT2D eigenvalue weighted by Crippen LogP contribution is -2.41. The zero-order chi connectivity index (χ0) is 22.5. The van der Waals surface area contributed by atoms with Crippen molar-refractivity contribution >= 4 is 11.8 Å². The number of carbonyl (C=O) groups is 2. The summed E-state index contributed by atoms with van der Waals surface area (Å²) in [6.07, 6.45) is 3.28. The highest BCUT2D eigenvalue weighted by Gasteiger charge is 2.31. The number of methoxy groups -OCH3 is 1. The van der Waals surface area contributed by atoms with Gasteiger partial charge in [0, 0.05) is 32.3 Å². The van der Waals surface area contributed by atoms with E-state index in [9.17, 15) is 9.59 Å². The van der Waals surface area contributed by atoms with Crippen LogP contribution in [0.25, 0.3) is 11.3 Å². The smallest absolute Gasteiger partial charge is 0.273 e. The Bertz CT molecular complexity index is 1080. The maximum Gasteiger partial charge on any atom is 0.273 e. The normalized spacial score (nSPS) is 16.2. The molecule has 0 spiro atoms. The molecular weight excluding hydrogens is 412 g/mol. The molecule has 1 fully saturated rings. The van der Waals surface area contributed by atoms with Gasteiger partial charge in [-0.1, -0.05) is 40.7 Å². The van der Waals surface area contributed by atoms with Gasteiger partial charge in [0.2, 0.25) is 0 Å². The molecule has 1 aromatic carbocycles. The molecule has 1 N–H and O–H groups in total. The number of nitrogens with one attached hydrogen (secondary N) is 1. The largest absolute Gasteiger partial charge is 0.383 e. The van der Waals surface area contributed by atoms with Crippen molar-refractivity contribution < 1.29 is 18.8 Å². The average Bonchev–Trinajstić information content (AvgIpc) is 3.47. The van der Waals surface area contributed by atoms with E-state index in [2.05, 4.69) is 20.8 Å². The lowest BCUT2D eigenvalue weighted by atomic mass is 10.0. The van der Waals surface area contributed by atoms with Gasteiger partial charge >= 0.3 is 0 Å². The average molecular weight is 438 g/mol. The lowest BCUT2D eigenvalue weighted by Gasteiger charge is -2.32. The highest BCUT2D eigenvalue weighted by Crippen LogP contribution is 2.29. The van der Waals surface area contributed by atoms with Crippen LogP contribution in [0.15, 0.2) is 41.1 Å². The van der Waals surface area contributed by atoms with Crippen molar-refractivity contribution in [1.82, 2.24) is 30.4 Å². The first-order valence-corrected chi connectivity index (χ1v) is 10.6. The van der Waals surface area contributed by atoms with Gasteiger partial charge in [-0.15, -0.1) is 5.10 Å². The van der Waals surface area contributed by atoms with E-state index in [0.29, 0.717) is 43.3 Å².